The van der Waals surface area contributed by atoms with Crippen LogP contribution in [0.2, 0.25) is 0 Å². The first-order valence-corrected chi connectivity index (χ1v) is 20.2. The highest BCUT2D eigenvalue weighted by atomic mass is 16.7. The predicted molar refractivity (Wildman–Crippen MR) is 210 cm³/mol. The average Bonchev–Trinajstić information content (AvgIpc) is 3.84. The summed E-state index contributed by atoms with van der Waals surface area (Å²) in [7, 11) is 0. The summed E-state index contributed by atoms with van der Waals surface area (Å²) in [5, 5.41) is 16.6. The summed E-state index contributed by atoms with van der Waals surface area (Å²) in [6.07, 6.45) is -12.7. The Morgan fingerprint density at radius 2 is 0.833 bits per heavy atom. The van der Waals surface area contributed by atoms with Crippen molar-refractivity contribution in [1.82, 2.24) is 34.9 Å². The van der Waals surface area contributed by atoms with Gasteiger partial charge in [-0.15, -0.1) is 10.2 Å². The lowest BCUT2D eigenvalue weighted by molar-refractivity contribution is -0.270. The second-order valence-corrected chi connectivity index (χ2v) is 15.9. The molecule has 2 aromatic heterocycles. The van der Waals surface area contributed by atoms with Gasteiger partial charge in [0, 0.05) is 55.4 Å². The van der Waals surface area contributed by atoms with Gasteiger partial charge in [-0.1, -0.05) is 10.4 Å². The monoisotopic (exact) mass is 939 g/mol. The Balaban J connectivity index is 1.72. The van der Waals surface area contributed by atoms with Crippen molar-refractivity contribution >= 4 is 53.8 Å². The van der Waals surface area contributed by atoms with Crippen molar-refractivity contribution in [1.29, 1.82) is 0 Å². The van der Waals surface area contributed by atoms with Crippen LogP contribution >= 0.6 is 0 Å². The quantitative estimate of drug-likeness (QED) is 0.162. The number of carbonyl (C=O) groups excluding carboxylic acids is 9. The molecule has 2 aliphatic heterocycles. The van der Waals surface area contributed by atoms with E-state index in [-0.39, 0.29) is 24.5 Å². The summed E-state index contributed by atoms with van der Waals surface area (Å²) in [4.78, 5) is 112. The van der Waals surface area contributed by atoms with Gasteiger partial charge in [0.2, 0.25) is 0 Å². The highest BCUT2D eigenvalue weighted by Crippen LogP contribution is 2.36. The standard InChI is InChI=1S/C39H53N7O20/c1-18(47)56-16-28-30(58-20(3)49)32(60-22(5)51)34(62-24(7)53)36(64-28)45-14-26(40-42-45)12-44(38(55)66-39(9,10)11)13-27-15-46(43-41-27)37-35(63-25(8)54)33(61-23(6)52)31(59-21(4)50)29(65-37)17-57-19(2)48/h14-15,28-37H,12-13,16-17H2,1-11H3/t28-,29-,30-,31-,32+,33+,34-,35-,36-,37-/m1/s1. The fraction of sp³-hybridized carbons (Fsp3) is 0.667. The van der Waals surface area contributed by atoms with Crippen LogP contribution in [-0.2, 0) is 104 Å². The van der Waals surface area contributed by atoms with Gasteiger partial charge in [0.1, 0.15) is 42.4 Å². The van der Waals surface area contributed by atoms with Crippen LogP contribution in [0.1, 0.15) is 100 Å². The third-order valence-corrected chi connectivity index (χ3v) is 8.93. The lowest BCUT2D eigenvalue weighted by atomic mass is 9.97. The summed E-state index contributed by atoms with van der Waals surface area (Å²) in [5.74, 6) is -6.47. The van der Waals surface area contributed by atoms with Gasteiger partial charge >= 0.3 is 53.8 Å². The van der Waals surface area contributed by atoms with Crippen molar-refractivity contribution in [3.63, 3.8) is 0 Å². The largest absolute Gasteiger partial charge is 0.463 e. The molecule has 4 heterocycles. The molecule has 2 aromatic rings. The Kier molecular flexibility index (Phi) is 17.6. The zero-order valence-corrected chi connectivity index (χ0v) is 38.1. The maximum Gasteiger partial charge on any atom is 0.411 e. The molecule has 66 heavy (non-hydrogen) atoms. The van der Waals surface area contributed by atoms with Gasteiger partial charge in [-0.2, -0.15) is 0 Å². The van der Waals surface area contributed by atoms with Crippen LogP contribution in [0.5, 0.6) is 0 Å². The minimum Gasteiger partial charge on any atom is -0.463 e. The molecule has 0 bridgehead atoms. The first-order chi connectivity index (χ1) is 30.8. The van der Waals surface area contributed by atoms with Crippen LogP contribution in [0.4, 0.5) is 4.79 Å². The molecule has 0 spiro atoms. The van der Waals surface area contributed by atoms with Crippen molar-refractivity contribution in [2.24, 2.45) is 0 Å². The van der Waals surface area contributed by atoms with E-state index < -0.39 is 134 Å². The molecule has 1 amide bonds. The number of hydrogen-bond donors (Lipinski definition) is 0. The average molecular weight is 940 g/mol. The molecule has 364 valence electrons. The Labute approximate surface area is 376 Å². The van der Waals surface area contributed by atoms with Crippen LogP contribution < -0.4 is 0 Å². The van der Waals surface area contributed by atoms with E-state index in [1.54, 1.807) is 20.8 Å². The Morgan fingerprint density at radius 1 is 0.515 bits per heavy atom. The number of esters is 8. The molecule has 2 aliphatic rings. The van der Waals surface area contributed by atoms with Crippen molar-refractivity contribution < 1.29 is 95.3 Å². The SMILES string of the molecule is CC(=O)OC[C@H]1O[C@@H](n2cc(CN(Cc3cn([C@@H]4O[C@H](COC(C)=O)[C@@H](OC(C)=O)[C@H](OC(C)=O)[C@H]4OC(C)=O)nn3)C(=O)OC(C)(C)C)nn2)[C@H](OC(C)=O)[C@@H](OC(C)=O)[C@@H]1OC(C)=O. The molecule has 27 nitrogen and oxygen atoms in total. The fourth-order valence-corrected chi connectivity index (χ4v) is 6.76. The van der Waals surface area contributed by atoms with E-state index >= 15 is 0 Å². The van der Waals surface area contributed by atoms with E-state index in [4.69, 9.17) is 52.1 Å². The molecule has 0 N–H and O–H groups in total. The smallest absolute Gasteiger partial charge is 0.411 e. The van der Waals surface area contributed by atoms with Gasteiger partial charge in [0.15, 0.2) is 49.1 Å². The summed E-state index contributed by atoms with van der Waals surface area (Å²) >= 11 is 0. The molecule has 0 unspecified atom stereocenters. The van der Waals surface area contributed by atoms with Crippen LogP contribution in [-0.4, -0.2) is 156 Å². The minimum atomic E-state index is -1.52. The molecule has 10 atom stereocenters. The molecule has 0 aromatic carbocycles. The predicted octanol–water partition coefficient (Wildman–Crippen LogP) is 0.318. The number of amides is 1. The second-order valence-electron chi connectivity index (χ2n) is 15.9. The van der Waals surface area contributed by atoms with E-state index in [2.05, 4.69) is 20.6 Å². The highest BCUT2D eigenvalue weighted by molar-refractivity contribution is 5.70. The Morgan fingerprint density at radius 3 is 1.14 bits per heavy atom. The fourth-order valence-electron chi connectivity index (χ4n) is 6.76. The molecule has 27 heteroatoms. The number of hydrogen-bond acceptors (Lipinski definition) is 24. The lowest BCUT2D eigenvalue weighted by Gasteiger charge is -2.44. The van der Waals surface area contributed by atoms with E-state index in [1.807, 2.05) is 0 Å². The lowest BCUT2D eigenvalue weighted by Crippen LogP contribution is -2.60. The first-order valence-electron chi connectivity index (χ1n) is 20.2. The van der Waals surface area contributed by atoms with E-state index in [9.17, 15) is 43.2 Å². The third-order valence-electron chi connectivity index (χ3n) is 8.93. The summed E-state index contributed by atoms with van der Waals surface area (Å²) < 4.78 is 63.4. The number of carbonyl (C=O) groups is 9. The van der Waals surface area contributed by atoms with Crippen molar-refractivity contribution in [2.75, 3.05) is 13.2 Å². The van der Waals surface area contributed by atoms with Crippen LogP contribution in [0.25, 0.3) is 0 Å². The van der Waals surface area contributed by atoms with E-state index in [0.717, 1.165) is 69.7 Å². The minimum absolute atomic E-state index is 0.0840. The maximum atomic E-state index is 13.8. The normalized spacial score (nSPS) is 25.0. The number of rotatable bonds is 16. The van der Waals surface area contributed by atoms with Crippen LogP contribution in [0.3, 0.4) is 0 Å². The molecule has 2 fully saturated rings. The van der Waals surface area contributed by atoms with Crippen LogP contribution in [0, 0.1) is 0 Å². The van der Waals surface area contributed by atoms with E-state index in [0.29, 0.717) is 0 Å². The maximum absolute atomic E-state index is 13.8. The molecule has 0 aliphatic carbocycles. The molecular weight excluding hydrogens is 886 g/mol. The van der Waals surface area contributed by atoms with Crippen molar-refractivity contribution in [3.05, 3.63) is 23.8 Å². The topological polar surface area (TPSA) is 320 Å². The molecular formula is C39H53N7O20. The zero-order valence-electron chi connectivity index (χ0n) is 38.1. The van der Waals surface area contributed by atoms with Gasteiger partial charge in [-0.3, -0.25) is 43.3 Å². The second kappa shape index (κ2) is 22.4. The van der Waals surface area contributed by atoms with Gasteiger partial charge < -0.3 is 52.1 Å². The molecule has 0 saturated carbocycles. The van der Waals surface area contributed by atoms with Gasteiger partial charge in [-0.05, 0) is 20.8 Å². The molecule has 0 radical (unpaired) electrons. The first kappa shape index (κ1) is 51.9. The molecule has 4 rings (SSSR count). The van der Waals surface area contributed by atoms with E-state index in [1.165, 1.54) is 12.4 Å². The van der Waals surface area contributed by atoms with Gasteiger partial charge in [-0.25, -0.2) is 14.2 Å². The van der Waals surface area contributed by atoms with Crippen molar-refractivity contribution in [2.45, 2.75) is 156 Å². The number of aromatic nitrogens is 6. The summed E-state index contributed by atoms with van der Waals surface area (Å²) in [6.45, 7) is 11.9. The molecule has 2 saturated heterocycles. The van der Waals surface area contributed by atoms with Crippen LogP contribution in [0.15, 0.2) is 12.4 Å². The van der Waals surface area contributed by atoms with Gasteiger partial charge in [0.05, 0.1) is 25.5 Å². The number of nitrogens with zero attached hydrogens (tertiary/aromatic N) is 7. The van der Waals surface area contributed by atoms with Gasteiger partial charge in [0.25, 0.3) is 0 Å². The summed E-state index contributed by atoms with van der Waals surface area (Å²) in [5.41, 5.74) is -0.839. The van der Waals surface area contributed by atoms with Crippen molar-refractivity contribution in [3.8, 4) is 0 Å². The zero-order chi connectivity index (χ0) is 49.2. The summed E-state index contributed by atoms with van der Waals surface area (Å²) in [6, 6.07) is 0. The number of ether oxygens (including phenoxy) is 11. The Bertz CT molecular complexity index is 1980. The highest BCUT2D eigenvalue weighted by Gasteiger charge is 2.55. The third kappa shape index (κ3) is 14.9. The Hall–Kier alpha value is -6.77.